The van der Waals surface area contributed by atoms with Crippen molar-refractivity contribution in [3.8, 4) is 0 Å². The zero-order chi connectivity index (χ0) is 13.9. The van der Waals surface area contributed by atoms with Crippen LogP contribution in [0.3, 0.4) is 0 Å². The van der Waals surface area contributed by atoms with E-state index in [1.165, 1.54) is 12.1 Å². The number of rotatable bonds is 5. The average molecular weight is 366 g/mol. The number of nitro benzene ring substituents is 1. The molecule has 1 aromatic rings. The highest BCUT2D eigenvalue weighted by Gasteiger charge is 2.20. The van der Waals surface area contributed by atoms with E-state index in [-0.39, 0.29) is 21.0 Å². The van der Waals surface area contributed by atoms with Crippen LogP contribution in [0.4, 0.5) is 15.8 Å². The van der Waals surface area contributed by atoms with Crippen LogP contribution in [0.15, 0.2) is 12.1 Å². The second-order valence-electron chi connectivity index (χ2n) is 4.36. The van der Waals surface area contributed by atoms with Gasteiger partial charge in [-0.1, -0.05) is 20.3 Å². The van der Waals surface area contributed by atoms with Crippen molar-refractivity contribution in [3.05, 3.63) is 31.6 Å². The van der Waals surface area contributed by atoms with E-state index in [0.29, 0.717) is 5.92 Å². The van der Waals surface area contributed by atoms with Crippen molar-refractivity contribution in [1.29, 1.82) is 0 Å². The third-order valence-electron chi connectivity index (χ3n) is 3.12. The van der Waals surface area contributed by atoms with E-state index in [4.69, 9.17) is 0 Å². The molecular formula is C12H16FIN2O2. The molecule has 1 N–H and O–H groups in total. The minimum atomic E-state index is -0.493. The van der Waals surface area contributed by atoms with Gasteiger partial charge in [-0.05, 0) is 35.4 Å². The van der Waals surface area contributed by atoms with E-state index < -0.39 is 10.7 Å². The summed E-state index contributed by atoms with van der Waals surface area (Å²) in [5, 5.41) is 14.0. The molecule has 0 aromatic heterocycles. The number of hydrogen-bond donors (Lipinski definition) is 1. The van der Waals surface area contributed by atoms with Crippen LogP contribution >= 0.6 is 22.6 Å². The summed E-state index contributed by atoms with van der Waals surface area (Å²) in [7, 11) is 0. The Labute approximate surface area is 119 Å². The molecular weight excluding hydrogens is 350 g/mol. The van der Waals surface area contributed by atoms with Crippen LogP contribution in [0.2, 0.25) is 0 Å². The predicted octanol–water partition coefficient (Wildman–Crippen LogP) is 4.19. The maximum Gasteiger partial charge on any atom is 0.293 e. The minimum Gasteiger partial charge on any atom is -0.377 e. The summed E-state index contributed by atoms with van der Waals surface area (Å²) >= 11 is 1.75. The van der Waals surface area contributed by atoms with Gasteiger partial charge in [-0.25, -0.2) is 4.39 Å². The van der Waals surface area contributed by atoms with Gasteiger partial charge in [0.15, 0.2) is 0 Å². The highest BCUT2D eigenvalue weighted by Crippen LogP contribution is 2.30. The first-order valence-electron chi connectivity index (χ1n) is 5.76. The van der Waals surface area contributed by atoms with Gasteiger partial charge in [0.1, 0.15) is 11.5 Å². The van der Waals surface area contributed by atoms with Gasteiger partial charge < -0.3 is 5.32 Å². The first-order chi connectivity index (χ1) is 8.36. The van der Waals surface area contributed by atoms with Crippen LogP contribution in [-0.2, 0) is 0 Å². The fourth-order valence-electron chi connectivity index (χ4n) is 1.54. The van der Waals surface area contributed by atoms with Gasteiger partial charge in [-0.3, -0.25) is 10.1 Å². The van der Waals surface area contributed by atoms with Crippen molar-refractivity contribution < 1.29 is 9.31 Å². The topological polar surface area (TPSA) is 55.2 Å². The minimum absolute atomic E-state index is 0.0492. The molecule has 6 heteroatoms. The molecule has 1 aromatic carbocycles. The molecule has 0 spiro atoms. The summed E-state index contributed by atoms with van der Waals surface area (Å²) in [4.78, 5) is 10.5. The quantitative estimate of drug-likeness (QED) is 0.483. The molecule has 1 rings (SSSR count). The van der Waals surface area contributed by atoms with Crippen LogP contribution in [-0.4, -0.2) is 11.0 Å². The Morgan fingerprint density at radius 1 is 1.50 bits per heavy atom. The van der Waals surface area contributed by atoms with E-state index in [0.717, 1.165) is 6.42 Å². The molecule has 0 aliphatic rings. The summed E-state index contributed by atoms with van der Waals surface area (Å²) < 4.78 is 13.7. The predicted molar refractivity (Wildman–Crippen MR) is 78.3 cm³/mol. The van der Waals surface area contributed by atoms with Crippen molar-refractivity contribution >= 4 is 34.0 Å². The van der Waals surface area contributed by atoms with Crippen LogP contribution in [0.5, 0.6) is 0 Å². The summed E-state index contributed by atoms with van der Waals surface area (Å²) in [6, 6.07) is 2.49. The Kier molecular flexibility index (Phi) is 5.30. The maximum atomic E-state index is 13.5. The lowest BCUT2D eigenvalue weighted by Crippen LogP contribution is -2.23. The number of nitrogens with zero attached hydrogens (tertiary/aromatic N) is 1. The number of halogens is 2. The van der Waals surface area contributed by atoms with E-state index >= 15 is 0 Å². The van der Waals surface area contributed by atoms with Crippen molar-refractivity contribution in [3.63, 3.8) is 0 Å². The van der Waals surface area contributed by atoms with E-state index in [1.54, 1.807) is 22.6 Å². The van der Waals surface area contributed by atoms with Gasteiger partial charge in [-0.15, -0.1) is 0 Å². The van der Waals surface area contributed by atoms with Crippen molar-refractivity contribution in [1.82, 2.24) is 0 Å². The molecule has 0 aliphatic heterocycles. The van der Waals surface area contributed by atoms with Gasteiger partial charge in [0.05, 0.1) is 8.49 Å². The highest BCUT2D eigenvalue weighted by atomic mass is 127. The Morgan fingerprint density at radius 2 is 2.11 bits per heavy atom. The molecule has 2 unspecified atom stereocenters. The van der Waals surface area contributed by atoms with E-state index in [9.17, 15) is 14.5 Å². The van der Waals surface area contributed by atoms with Crippen molar-refractivity contribution in [2.75, 3.05) is 5.32 Å². The molecule has 0 bridgehead atoms. The van der Waals surface area contributed by atoms with E-state index in [2.05, 4.69) is 5.32 Å². The standard InChI is InChI=1S/C12H16FIN2O2/c1-4-7(2)8(3)15-11-5-9(13)10(14)6-12(11)16(17)18/h5-8,15H,4H2,1-3H3. The fraction of sp³-hybridized carbons (Fsp3) is 0.500. The Hall–Kier alpha value is -0.920. The summed E-state index contributed by atoms with van der Waals surface area (Å²) in [5.41, 5.74) is 0.154. The van der Waals surface area contributed by atoms with Crippen LogP contribution in [0.1, 0.15) is 27.2 Å². The van der Waals surface area contributed by atoms with Crippen LogP contribution in [0.25, 0.3) is 0 Å². The summed E-state index contributed by atoms with van der Waals surface area (Å²) in [5.74, 6) is -0.0907. The third kappa shape index (κ3) is 3.54. The molecule has 0 saturated heterocycles. The van der Waals surface area contributed by atoms with Gasteiger partial charge in [0.2, 0.25) is 0 Å². The second kappa shape index (κ2) is 6.31. The van der Waals surface area contributed by atoms with Gasteiger partial charge in [-0.2, -0.15) is 0 Å². The van der Waals surface area contributed by atoms with Crippen LogP contribution < -0.4 is 5.32 Å². The molecule has 0 heterocycles. The number of nitrogens with one attached hydrogen (secondary N) is 1. The average Bonchev–Trinajstić information content (AvgIpc) is 2.31. The molecule has 2 atom stereocenters. The zero-order valence-corrected chi connectivity index (χ0v) is 12.7. The SMILES string of the molecule is CCC(C)C(C)Nc1cc(F)c(I)cc1[N+](=O)[O-]. The number of hydrogen-bond acceptors (Lipinski definition) is 3. The first-order valence-corrected chi connectivity index (χ1v) is 6.84. The molecule has 0 fully saturated rings. The highest BCUT2D eigenvalue weighted by molar-refractivity contribution is 14.1. The summed E-state index contributed by atoms with van der Waals surface area (Å²) in [6.07, 6.45) is 0.953. The van der Waals surface area contributed by atoms with Gasteiger partial charge in [0.25, 0.3) is 5.69 Å². The lowest BCUT2D eigenvalue weighted by atomic mass is 10.0. The second-order valence-corrected chi connectivity index (χ2v) is 5.52. The number of nitro groups is 1. The van der Waals surface area contributed by atoms with E-state index in [1.807, 2.05) is 20.8 Å². The smallest absolute Gasteiger partial charge is 0.293 e. The number of anilines is 1. The molecule has 0 saturated carbocycles. The van der Waals surface area contributed by atoms with Crippen molar-refractivity contribution in [2.45, 2.75) is 33.2 Å². The van der Waals surface area contributed by atoms with Gasteiger partial charge in [0, 0.05) is 18.2 Å². The Balaban J connectivity index is 3.07. The summed E-state index contributed by atoms with van der Waals surface area (Å²) in [6.45, 7) is 6.03. The lowest BCUT2D eigenvalue weighted by Gasteiger charge is -2.21. The fourth-order valence-corrected chi connectivity index (χ4v) is 1.99. The maximum absolute atomic E-state index is 13.5. The monoisotopic (exact) mass is 366 g/mol. The number of benzene rings is 1. The molecule has 18 heavy (non-hydrogen) atoms. The normalized spacial score (nSPS) is 14.1. The molecule has 0 radical (unpaired) electrons. The molecule has 4 nitrogen and oxygen atoms in total. The van der Waals surface area contributed by atoms with Crippen molar-refractivity contribution in [2.24, 2.45) is 5.92 Å². The molecule has 100 valence electrons. The lowest BCUT2D eigenvalue weighted by molar-refractivity contribution is -0.384. The zero-order valence-electron chi connectivity index (χ0n) is 10.5. The third-order valence-corrected chi connectivity index (χ3v) is 3.94. The van der Waals surface area contributed by atoms with Gasteiger partial charge >= 0.3 is 0 Å². The first kappa shape index (κ1) is 15.1. The van der Waals surface area contributed by atoms with Crippen LogP contribution in [0, 0.1) is 25.4 Å². The largest absolute Gasteiger partial charge is 0.377 e. The molecule has 0 amide bonds. The Bertz CT molecular complexity index is 454. The molecule has 0 aliphatic carbocycles. The Morgan fingerprint density at radius 3 is 2.61 bits per heavy atom.